The molecule has 1 aromatic carbocycles. The molecular formula is C12H15ClO2S. The normalized spacial score (nSPS) is 16.6. The van der Waals surface area contributed by atoms with Crippen LogP contribution < -0.4 is 0 Å². The average molecular weight is 259 g/mol. The first kappa shape index (κ1) is 11.9. The average Bonchev–Trinajstić information content (AvgIpc) is 2.39. The second-order valence-corrected chi connectivity index (χ2v) is 7.12. The van der Waals surface area contributed by atoms with Crippen LogP contribution in [0.1, 0.15) is 36.0 Å². The number of hydrogen-bond acceptors (Lipinski definition) is 2. The number of benzene rings is 1. The predicted octanol–water partition coefficient (Wildman–Crippen LogP) is 3.02. The molecule has 0 unspecified atom stereocenters. The Balaban J connectivity index is 2.27. The minimum Gasteiger partial charge on any atom is -0.212 e. The third kappa shape index (κ3) is 3.22. The van der Waals surface area contributed by atoms with Crippen molar-refractivity contribution in [1.29, 1.82) is 0 Å². The summed E-state index contributed by atoms with van der Waals surface area (Å²) in [5.41, 5.74) is 3.47. The van der Waals surface area contributed by atoms with Gasteiger partial charge in [0.25, 0.3) is 0 Å². The Hall–Kier alpha value is -0.540. The van der Waals surface area contributed by atoms with Gasteiger partial charge in [-0.2, -0.15) is 0 Å². The lowest BCUT2D eigenvalue weighted by Gasteiger charge is -2.07. The van der Waals surface area contributed by atoms with Gasteiger partial charge in [-0.25, -0.2) is 8.42 Å². The Labute approximate surface area is 101 Å². The quantitative estimate of drug-likeness (QED) is 0.604. The molecule has 1 aliphatic rings. The Kier molecular flexibility index (Phi) is 3.55. The van der Waals surface area contributed by atoms with E-state index in [2.05, 4.69) is 6.07 Å². The fraction of sp³-hybridized carbons (Fsp3) is 0.500. The van der Waals surface area contributed by atoms with Gasteiger partial charge in [-0.05, 0) is 42.4 Å². The van der Waals surface area contributed by atoms with Crippen LogP contribution in [0.4, 0.5) is 0 Å². The van der Waals surface area contributed by atoms with Gasteiger partial charge in [-0.3, -0.25) is 0 Å². The molecule has 2 rings (SSSR count). The lowest BCUT2D eigenvalue weighted by atomic mass is 10.0. The molecule has 16 heavy (non-hydrogen) atoms. The lowest BCUT2D eigenvalue weighted by molar-refractivity contribution is 0.609. The van der Waals surface area contributed by atoms with Crippen molar-refractivity contribution >= 4 is 19.7 Å². The van der Waals surface area contributed by atoms with E-state index in [1.807, 2.05) is 12.1 Å². The van der Waals surface area contributed by atoms with Crippen molar-refractivity contribution in [2.24, 2.45) is 0 Å². The van der Waals surface area contributed by atoms with E-state index in [0.717, 1.165) is 18.4 Å². The minimum absolute atomic E-state index is 0.0676. The summed E-state index contributed by atoms with van der Waals surface area (Å²) in [6, 6.07) is 5.93. The first-order chi connectivity index (χ1) is 7.54. The molecule has 0 aromatic heterocycles. The standard InChI is InChI=1S/C12H15ClO2S/c13-16(14,15)9-10-6-7-11-4-2-1-3-5-12(11)8-10/h6-8H,1-5,9H2. The van der Waals surface area contributed by atoms with E-state index in [9.17, 15) is 8.42 Å². The van der Waals surface area contributed by atoms with E-state index >= 15 is 0 Å². The molecule has 0 fully saturated rings. The topological polar surface area (TPSA) is 34.1 Å². The monoisotopic (exact) mass is 258 g/mol. The molecule has 0 bridgehead atoms. The molecule has 88 valence electrons. The highest BCUT2D eigenvalue weighted by Crippen LogP contribution is 2.22. The second kappa shape index (κ2) is 4.76. The largest absolute Gasteiger partial charge is 0.236 e. The van der Waals surface area contributed by atoms with E-state index in [0.29, 0.717) is 0 Å². The molecule has 0 saturated heterocycles. The fourth-order valence-corrected chi connectivity index (χ4v) is 3.21. The number of rotatable bonds is 2. The molecule has 0 aliphatic heterocycles. The molecule has 4 heteroatoms. The number of hydrogen-bond donors (Lipinski definition) is 0. The molecule has 0 spiro atoms. The van der Waals surface area contributed by atoms with Crippen molar-refractivity contribution in [2.75, 3.05) is 0 Å². The Morgan fingerprint density at radius 3 is 2.44 bits per heavy atom. The van der Waals surface area contributed by atoms with Gasteiger partial charge in [0.1, 0.15) is 0 Å². The van der Waals surface area contributed by atoms with Crippen LogP contribution in [0, 0.1) is 0 Å². The predicted molar refractivity (Wildman–Crippen MR) is 66.2 cm³/mol. The molecule has 2 nitrogen and oxygen atoms in total. The number of aryl methyl sites for hydroxylation is 2. The molecule has 0 radical (unpaired) electrons. The van der Waals surface area contributed by atoms with E-state index in [-0.39, 0.29) is 5.75 Å². The molecule has 1 aliphatic carbocycles. The SMILES string of the molecule is O=S(=O)(Cl)Cc1ccc2c(c1)CCCCC2. The third-order valence-electron chi connectivity index (χ3n) is 3.00. The van der Waals surface area contributed by atoms with Crippen molar-refractivity contribution < 1.29 is 8.42 Å². The Morgan fingerprint density at radius 1 is 1.06 bits per heavy atom. The van der Waals surface area contributed by atoms with Crippen LogP contribution in [-0.2, 0) is 27.6 Å². The second-order valence-electron chi connectivity index (χ2n) is 4.35. The first-order valence-corrected chi connectivity index (χ1v) is 8.05. The van der Waals surface area contributed by atoms with Gasteiger partial charge in [0.2, 0.25) is 9.05 Å². The highest BCUT2D eigenvalue weighted by Gasteiger charge is 2.11. The summed E-state index contributed by atoms with van der Waals surface area (Å²) in [6.07, 6.45) is 5.87. The summed E-state index contributed by atoms with van der Waals surface area (Å²) in [6.45, 7) is 0. The molecule has 0 atom stereocenters. The van der Waals surface area contributed by atoms with E-state index < -0.39 is 9.05 Å². The summed E-state index contributed by atoms with van der Waals surface area (Å²) in [5, 5.41) is 0. The van der Waals surface area contributed by atoms with Gasteiger partial charge >= 0.3 is 0 Å². The van der Waals surface area contributed by atoms with Crippen LogP contribution in [0.25, 0.3) is 0 Å². The van der Waals surface area contributed by atoms with Crippen LogP contribution in [0.5, 0.6) is 0 Å². The zero-order chi connectivity index (χ0) is 11.6. The van der Waals surface area contributed by atoms with Gasteiger partial charge in [0.15, 0.2) is 0 Å². The molecule has 0 amide bonds. The van der Waals surface area contributed by atoms with Crippen molar-refractivity contribution in [3.8, 4) is 0 Å². The number of halogens is 1. The smallest absolute Gasteiger partial charge is 0.212 e. The molecule has 1 aromatic rings. The van der Waals surface area contributed by atoms with Crippen LogP contribution >= 0.6 is 10.7 Å². The van der Waals surface area contributed by atoms with E-state index in [1.165, 1.54) is 30.4 Å². The summed E-state index contributed by atoms with van der Waals surface area (Å²) in [4.78, 5) is 0. The molecular weight excluding hydrogens is 244 g/mol. The van der Waals surface area contributed by atoms with Gasteiger partial charge in [0.05, 0.1) is 5.75 Å². The van der Waals surface area contributed by atoms with Crippen LogP contribution in [-0.4, -0.2) is 8.42 Å². The maximum Gasteiger partial charge on any atom is 0.236 e. The maximum atomic E-state index is 11.0. The molecule has 0 N–H and O–H groups in total. The zero-order valence-corrected chi connectivity index (χ0v) is 10.6. The molecule has 0 saturated carbocycles. The van der Waals surface area contributed by atoms with Crippen molar-refractivity contribution in [2.45, 2.75) is 37.9 Å². The molecule has 0 heterocycles. The van der Waals surface area contributed by atoms with Crippen LogP contribution in [0.15, 0.2) is 18.2 Å². The summed E-state index contributed by atoms with van der Waals surface area (Å²) >= 11 is 0. The lowest BCUT2D eigenvalue weighted by Crippen LogP contribution is -1.98. The third-order valence-corrected chi connectivity index (χ3v) is 4.01. The van der Waals surface area contributed by atoms with Crippen molar-refractivity contribution in [1.82, 2.24) is 0 Å². The van der Waals surface area contributed by atoms with Gasteiger partial charge in [-0.1, -0.05) is 24.6 Å². The van der Waals surface area contributed by atoms with Crippen molar-refractivity contribution in [3.63, 3.8) is 0 Å². The zero-order valence-electron chi connectivity index (χ0n) is 9.08. The summed E-state index contributed by atoms with van der Waals surface area (Å²) in [5.74, 6) is -0.0676. The Morgan fingerprint density at radius 2 is 1.75 bits per heavy atom. The number of fused-ring (bicyclic) bond motifs is 1. The fourth-order valence-electron chi connectivity index (χ4n) is 2.25. The highest BCUT2D eigenvalue weighted by molar-refractivity contribution is 8.13. The van der Waals surface area contributed by atoms with Gasteiger partial charge in [-0.15, -0.1) is 0 Å². The van der Waals surface area contributed by atoms with Gasteiger partial charge in [0, 0.05) is 10.7 Å². The van der Waals surface area contributed by atoms with E-state index in [4.69, 9.17) is 10.7 Å². The van der Waals surface area contributed by atoms with E-state index in [1.54, 1.807) is 0 Å². The highest BCUT2D eigenvalue weighted by atomic mass is 35.7. The summed E-state index contributed by atoms with van der Waals surface area (Å²) < 4.78 is 22.0. The van der Waals surface area contributed by atoms with Crippen LogP contribution in [0.2, 0.25) is 0 Å². The van der Waals surface area contributed by atoms with Crippen LogP contribution in [0.3, 0.4) is 0 Å². The van der Waals surface area contributed by atoms with Gasteiger partial charge < -0.3 is 0 Å². The summed E-state index contributed by atoms with van der Waals surface area (Å²) in [7, 11) is 1.81. The minimum atomic E-state index is -3.44. The first-order valence-electron chi connectivity index (χ1n) is 5.58. The van der Waals surface area contributed by atoms with Crippen molar-refractivity contribution in [3.05, 3.63) is 34.9 Å². The maximum absolute atomic E-state index is 11.0. The Bertz CT molecular complexity index is 480.